The van der Waals surface area contributed by atoms with Crippen molar-refractivity contribution in [1.82, 2.24) is 9.80 Å². The number of benzene rings is 1. The summed E-state index contributed by atoms with van der Waals surface area (Å²) in [7, 11) is 0. The van der Waals surface area contributed by atoms with E-state index in [1.807, 2.05) is 30.3 Å². The van der Waals surface area contributed by atoms with Gasteiger partial charge in [0.15, 0.2) is 0 Å². The number of rotatable bonds is 3. The number of amides is 2. The fraction of sp³-hybridized carbons (Fsp3) is 0.529. The molecule has 3 rings (SSSR count). The van der Waals surface area contributed by atoms with Crippen molar-refractivity contribution in [2.24, 2.45) is 0 Å². The van der Waals surface area contributed by atoms with Crippen molar-refractivity contribution in [2.75, 3.05) is 19.6 Å². The van der Waals surface area contributed by atoms with Gasteiger partial charge in [0.1, 0.15) is 18.8 Å². The number of carbonyl (C=O) groups is 2. The second-order valence-corrected chi connectivity index (χ2v) is 6.06. The third kappa shape index (κ3) is 3.63. The van der Waals surface area contributed by atoms with Gasteiger partial charge in [-0.05, 0) is 24.8 Å². The number of carbonyl (C=O) groups excluding carboxylic acids is 2. The third-order valence-corrected chi connectivity index (χ3v) is 4.42. The van der Waals surface area contributed by atoms with Crippen LogP contribution in [0.15, 0.2) is 30.3 Å². The van der Waals surface area contributed by atoms with Crippen molar-refractivity contribution in [1.29, 1.82) is 0 Å². The minimum Gasteiger partial charge on any atom is -0.445 e. The highest BCUT2D eigenvalue weighted by molar-refractivity contribution is 5.86. The fourth-order valence-corrected chi connectivity index (χ4v) is 3.17. The number of halogens is 1. The maximum atomic E-state index is 13.3. The molecule has 2 fully saturated rings. The maximum absolute atomic E-state index is 13.3. The van der Waals surface area contributed by atoms with Gasteiger partial charge in [0, 0.05) is 13.1 Å². The van der Waals surface area contributed by atoms with Crippen LogP contribution in [0.2, 0.25) is 0 Å². The zero-order valence-electron chi connectivity index (χ0n) is 13.0. The van der Waals surface area contributed by atoms with Gasteiger partial charge < -0.3 is 9.64 Å². The van der Waals surface area contributed by atoms with Gasteiger partial charge in [-0.3, -0.25) is 9.69 Å². The summed E-state index contributed by atoms with van der Waals surface area (Å²) in [6, 6.07) is 8.91. The van der Waals surface area contributed by atoms with Gasteiger partial charge in [0.05, 0.1) is 6.54 Å². The standard InChI is InChI=1S/C17H21FN2O3/c18-14-8-10-19(11-14)16(21)15-7-4-9-20(15)17(22)23-12-13-5-2-1-3-6-13/h1-3,5-6,14-15H,4,7-12H2/t14?,15-/m0/s1. The SMILES string of the molecule is O=C([C@@H]1CCCN1C(=O)OCc1ccccc1)N1CCC(F)C1. The normalized spacial score (nSPS) is 24.0. The molecule has 1 aromatic rings. The van der Waals surface area contributed by atoms with E-state index >= 15 is 0 Å². The van der Waals surface area contributed by atoms with Gasteiger partial charge >= 0.3 is 6.09 Å². The lowest BCUT2D eigenvalue weighted by Gasteiger charge is -2.27. The highest BCUT2D eigenvalue weighted by Gasteiger charge is 2.39. The number of nitrogens with zero attached hydrogens (tertiary/aromatic N) is 2. The van der Waals surface area contributed by atoms with E-state index in [0.29, 0.717) is 25.9 Å². The third-order valence-electron chi connectivity index (χ3n) is 4.42. The summed E-state index contributed by atoms with van der Waals surface area (Å²) in [5, 5.41) is 0. The summed E-state index contributed by atoms with van der Waals surface area (Å²) in [6.45, 7) is 1.27. The second-order valence-electron chi connectivity index (χ2n) is 6.06. The predicted molar refractivity (Wildman–Crippen MR) is 82.4 cm³/mol. The molecule has 0 spiro atoms. The first kappa shape index (κ1) is 15.8. The van der Waals surface area contributed by atoms with Crippen LogP contribution < -0.4 is 0 Å². The predicted octanol–water partition coefficient (Wildman–Crippen LogP) is 2.36. The molecule has 0 saturated carbocycles. The summed E-state index contributed by atoms with van der Waals surface area (Å²) in [4.78, 5) is 27.8. The molecule has 2 atom stereocenters. The van der Waals surface area contributed by atoms with Gasteiger partial charge in [-0.15, -0.1) is 0 Å². The zero-order valence-corrected chi connectivity index (χ0v) is 13.0. The number of likely N-dealkylation sites (tertiary alicyclic amines) is 2. The molecule has 23 heavy (non-hydrogen) atoms. The topological polar surface area (TPSA) is 49.9 Å². The van der Waals surface area contributed by atoms with Crippen LogP contribution in [-0.2, 0) is 16.1 Å². The van der Waals surface area contributed by atoms with Gasteiger partial charge in [0.25, 0.3) is 0 Å². The Morgan fingerprint density at radius 3 is 2.65 bits per heavy atom. The van der Waals surface area contributed by atoms with Crippen LogP contribution in [-0.4, -0.2) is 53.6 Å². The van der Waals surface area contributed by atoms with Gasteiger partial charge in [-0.2, -0.15) is 0 Å². The quantitative estimate of drug-likeness (QED) is 0.859. The lowest BCUT2D eigenvalue weighted by Crippen LogP contribution is -2.47. The molecule has 2 aliphatic rings. The molecule has 6 heteroatoms. The van der Waals surface area contributed by atoms with Gasteiger partial charge in [0.2, 0.25) is 5.91 Å². The average Bonchev–Trinajstić information content (AvgIpc) is 3.22. The molecule has 2 saturated heterocycles. The summed E-state index contributed by atoms with van der Waals surface area (Å²) in [5.41, 5.74) is 0.905. The van der Waals surface area contributed by atoms with Crippen molar-refractivity contribution >= 4 is 12.0 Å². The smallest absolute Gasteiger partial charge is 0.410 e. The zero-order chi connectivity index (χ0) is 16.2. The Bertz CT molecular complexity index is 566. The van der Waals surface area contributed by atoms with Crippen molar-refractivity contribution in [3.63, 3.8) is 0 Å². The molecule has 1 aromatic carbocycles. The Kier molecular flexibility index (Phi) is 4.79. The fourth-order valence-electron chi connectivity index (χ4n) is 3.17. The minimum atomic E-state index is -0.946. The Morgan fingerprint density at radius 2 is 1.96 bits per heavy atom. The first-order valence-electron chi connectivity index (χ1n) is 8.05. The molecule has 0 radical (unpaired) electrons. The molecular weight excluding hydrogens is 299 g/mol. The molecule has 124 valence electrons. The largest absolute Gasteiger partial charge is 0.445 e. The highest BCUT2D eigenvalue weighted by atomic mass is 19.1. The molecule has 2 amide bonds. The maximum Gasteiger partial charge on any atom is 0.410 e. The van der Waals surface area contributed by atoms with Crippen molar-refractivity contribution < 1.29 is 18.7 Å². The van der Waals surface area contributed by atoms with Crippen LogP contribution in [0.25, 0.3) is 0 Å². The molecule has 0 bridgehead atoms. The summed E-state index contributed by atoms with van der Waals surface area (Å²) in [5.74, 6) is -0.153. The number of alkyl halides is 1. The molecule has 0 aliphatic carbocycles. The summed E-state index contributed by atoms with van der Waals surface area (Å²) >= 11 is 0. The van der Waals surface area contributed by atoms with Gasteiger partial charge in [-0.1, -0.05) is 30.3 Å². The molecule has 0 N–H and O–H groups in total. The van der Waals surface area contributed by atoms with E-state index in [1.165, 1.54) is 9.80 Å². The van der Waals surface area contributed by atoms with Crippen LogP contribution in [0.4, 0.5) is 9.18 Å². The van der Waals surface area contributed by atoms with Crippen LogP contribution in [0, 0.1) is 0 Å². The Balaban J connectivity index is 1.57. The van der Waals surface area contributed by atoms with E-state index in [2.05, 4.69) is 0 Å². The van der Waals surface area contributed by atoms with E-state index < -0.39 is 18.3 Å². The van der Waals surface area contributed by atoms with E-state index in [9.17, 15) is 14.0 Å². The Morgan fingerprint density at radius 1 is 1.17 bits per heavy atom. The van der Waals surface area contributed by atoms with Crippen molar-refractivity contribution in [2.45, 2.75) is 38.1 Å². The van der Waals surface area contributed by atoms with Crippen molar-refractivity contribution in [3.05, 3.63) is 35.9 Å². The van der Waals surface area contributed by atoms with Crippen LogP contribution in [0.1, 0.15) is 24.8 Å². The molecule has 2 heterocycles. The lowest BCUT2D eigenvalue weighted by molar-refractivity contribution is -0.134. The first-order chi connectivity index (χ1) is 11.1. The van der Waals surface area contributed by atoms with E-state index in [1.54, 1.807) is 0 Å². The monoisotopic (exact) mass is 320 g/mol. The molecule has 5 nitrogen and oxygen atoms in total. The average molecular weight is 320 g/mol. The first-order valence-corrected chi connectivity index (χ1v) is 8.05. The lowest BCUT2D eigenvalue weighted by atomic mass is 10.2. The molecule has 0 aromatic heterocycles. The van der Waals surface area contributed by atoms with E-state index in [-0.39, 0.29) is 19.1 Å². The van der Waals surface area contributed by atoms with E-state index in [4.69, 9.17) is 4.74 Å². The van der Waals surface area contributed by atoms with Crippen LogP contribution >= 0.6 is 0 Å². The van der Waals surface area contributed by atoms with Crippen molar-refractivity contribution in [3.8, 4) is 0 Å². The number of ether oxygens (including phenoxy) is 1. The number of hydrogen-bond acceptors (Lipinski definition) is 3. The van der Waals surface area contributed by atoms with Gasteiger partial charge in [-0.25, -0.2) is 9.18 Å². The molecular formula is C17H21FN2O3. The molecule has 1 unspecified atom stereocenters. The molecule has 2 aliphatic heterocycles. The number of hydrogen-bond donors (Lipinski definition) is 0. The van der Waals surface area contributed by atoms with Crippen LogP contribution in [0.3, 0.4) is 0 Å². The highest BCUT2D eigenvalue weighted by Crippen LogP contribution is 2.23. The Hall–Kier alpha value is -2.11. The Labute approximate surface area is 135 Å². The summed E-state index contributed by atoms with van der Waals surface area (Å²) < 4.78 is 18.6. The second kappa shape index (κ2) is 6.98. The summed E-state index contributed by atoms with van der Waals surface area (Å²) in [6.07, 6.45) is 0.354. The minimum absolute atomic E-state index is 0.141. The van der Waals surface area contributed by atoms with Crippen LogP contribution in [0.5, 0.6) is 0 Å². The van der Waals surface area contributed by atoms with E-state index in [0.717, 1.165) is 12.0 Å².